The van der Waals surface area contributed by atoms with Crippen LogP contribution in [0, 0.1) is 15.9 Å². The summed E-state index contributed by atoms with van der Waals surface area (Å²) >= 11 is 0. The van der Waals surface area contributed by atoms with Gasteiger partial charge >= 0.3 is 5.69 Å². The molecule has 1 unspecified atom stereocenters. The number of nitrogens with zero attached hydrogens (tertiary/aromatic N) is 1. The van der Waals surface area contributed by atoms with Crippen molar-refractivity contribution in [3.8, 4) is 0 Å². The van der Waals surface area contributed by atoms with E-state index in [0.717, 1.165) is 12.8 Å². The lowest BCUT2D eigenvalue weighted by Gasteiger charge is -2.20. The molecule has 0 heterocycles. The van der Waals surface area contributed by atoms with E-state index in [1.807, 2.05) is 6.92 Å². The first-order valence-corrected chi connectivity index (χ1v) is 5.18. The maximum absolute atomic E-state index is 13.9. The number of hydrogen-bond donors (Lipinski definition) is 1. The zero-order valence-corrected chi connectivity index (χ0v) is 8.94. The van der Waals surface area contributed by atoms with E-state index in [9.17, 15) is 14.5 Å². The van der Waals surface area contributed by atoms with Gasteiger partial charge in [0.1, 0.15) is 0 Å². The van der Waals surface area contributed by atoms with E-state index in [4.69, 9.17) is 5.73 Å². The minimum atomic E-state index is -0.734. The predicted molar refractivity (Wildman–Crippen MR) is 57.6 cm³/mol. The highest BCUT2D eigenvalue weighted by molar-refractivity contribution is 5.44. The molecule has 0 saturated heterocycles. The SMILES string of the molecule is CC(N)C1(c2cccc([N+](=O)[O-])c2F)CC1. The van der Waals surface area contributed by atoms with Crippen LogP contribution in [0.25, 0.3) is 0 Å². The molecule has 2 rings (SSSR count). The van der Waals surface area contributed by atoms with Crippen molar-refractivity contribution in [2.24, 2.45) is 5.73 Å². The number of halogens is 1. The molecular formula is C11H13FN2O2. The molecule has 16 heavy (non-hydrogen) atoms. The molecule has 0 amide bonds. The standard InChI is InChI=1S/C11H13FN2O2/c1-7(13)11(5-6-11)8-3-2-4-9(10(8)12)14(15)16/h2-4,7H,5-6,13H2,1H3. The fourth-order valence-corrected chi connectivity index (χ4v) is 2.15. The molecule has 1 saturated carbocycles. The Labute approximate surface area is 92.4 Å². The number of rotatable bonds is 3. The molecule has 1 aromatic carbocycles. The largest absolute Gasteiger partial charge is 0.327 e. The van der Waals surface area contributed by atoms with Gasteiger partial charge in [-0.2, -0.15) is 4.39 Å². The maximum Gasteiger partial charge on any atom is 0.305 e. The van der Waals surface area contributed by atoms with E-state index in [1.54, 1.807) is 6.07 Å². The molecule has 86 valence electrons. The summed E-state index contributed by atoms with van der Waals surface area (Å²) in [5.74, 6) is -0.734. The fourth-order valence-electron chi connectivity index (χ4n) is 2.15. The van der Waals surface area contributed by atoms with Gasteiger partial charge in [0.25, 0.3) is 0 Å². The third-order valence-corrected chi connectivity index (χ3v) is 3.37. The summed E-state index contributed by atoms with van der Waals surface area (Å²) in [6.45, 7) is 1.81. The van der Waals surface area contributed by atoms with Crippen molar-refractivity contribution in [3.63, 3.8) is 0 Å². The Morgan fingerprint density at radius 3 is 2.62 bits per heavy atom. The predicted octanol–water partition coefficient (Wildman–Crippen LogP) is 2.11. The first kappa shape index (κ1) is 11.0. The Kier molecular flexibility index (Phi) is 2.42. The Balaban J connectivity index is 2.51. The maximum atomic E-state index is 13.9. The summed E-state index contributed by atoms with van der Waals surface area (Å²) in [7, 11) is 0. The van der Waals surface area contributed by atoms with Gasteiger partial charge in [0.2, 0.25) is 5.82 Å². The molecule has 5 heteroatoms. The van der Waals surface area contributed by atoms with Crippen LogP contribution in [0.1, 0.15) is 25.3 Å². The number of nitro benzene ring substituents is 1. The minimum Gasteiger partial charge on any atom is -0.327 e. The van der Waals surface area contributed by atoms with Gasteiger partial charge in [-0.05, 0) is 19.8 Å². The van der Waals surface area contributed by atoms with Crippen LogP contribution in [0.15, 0.2) is 18.2 Å². The molecule has 4 nitrogen and oxygen atoms in total. The van der Waals surface area contributed by atoms with Gasteiger partial charge in [-0.25, -0.2) is 0 Å². The van der Waals surface area contributed by atoms with Crippen molar-refractivity contribution in [2.45, 2.75) is 31.2 Å². The summed E-state index contributed by atoms with van der Waals surface area (Å²) in [6.07, 6.45) is 1.59. The molecule has 1 atom stereocenters. The zero-order valence-electron chi connectivity index (χ0n) is 8.94. The van der Waals surface area contributed by atoms with Gasteiger partial charge in [-0.15, -0.1) is 0 Å². The molecule has 0 aliphatic heterocycles. The van der Waals surface area contributed by atoms with Gasteiger partial charge in [-0.3, -0.25) is 10.1 Å². The van der Waals surface area contributed by atoms with Gasteiger partial charge in [0.05, 0.1) is 4.92 Å². The monoisotopic (exact) mass is 224 g/mol. The Hall–Kier alpha value is -1.49. The lowest BCUT2D eigenvalue weighted by Crippen LogP contribution is -2.32. The highest BCUT2D eigenvalue weighted by Crippen LogP contribution is 2.51. The van der Waals surface area contributed by atoms with Crippen LogP contribution in [0.2, 0.25) is 0 Å². The van der Waals surface area contributed by atoms with Crippen LogP contribution < -0.4 is 5.73 Å². The number of benzene rings is 1. The van der Waals surface area contributed by atoms with E-state index in [0.29, 0.717) is 5.56 Å². The van der Waals surface area contributed by atoms with Crippen LogP contribution in [-0.4, -0.2) is 11.0 Å². The van der Waals surface area contributed by atoms with Crippen molar-refractivity contribution in [2.75, 3.05) is 0 Å². The molecule has 1 aliphatic carbocycles. The van der Waals surface area contributed by atoms with E-state index in [-0.39, 0.29) is 6.04 Å². The van der Waals surface area contributed by atoms with Gasteiger partial charge in [0, 0.05) is 23.1 Å². The molecule has 2 N–H and O–H groups in total. The first-order valence-electron chi connectivity index (χ1n) is 5.18. The summed E-state index contributed by atoms with van der Waals surface area (Å²) < 4.78 is 13.9. The Morgan fingerprint density at radius 2 is 2.19 bits per heavy atom. The lowest BCUT2D eigenvalue weighted by molar-refractivity contribution is -0.387. The van der Waals surface area contributed by atoms with E-state index in [2.05, 4.69) is 0 Å². The second-order valence-corrected chi connectivity index (χ2v) is 4.34. The van der Waals surface area contributed by atoms with Crippen LogP contribution in [0.4, 0.5) is 10.1 Å². The summed E-state index contributed by atoms with van der Waals surface area (Å²) in [5.41, 5.74) is 5.35. The van der Waals surface area contributed by atoms with E-state index < -0.39 is 21.8 Å². The highest BCUT2D eigenvalue weighted by Gasteiger charge is 2.50. The molecule has 1 aromatic rings. The zero-order chi connectivity index (χ0) is 11.9. The van der Waals surface area contributed by atoms with Gasteiger partial charge < -0.3 is 5.73 Å². The second kappa shape index (κ2) is 3.52. The van der Waals surface area contributed by atoms with Gasteiger partial charge in [0.15, 0.2) is 0 Å². The summed E-state index contributed by atoms with van der Waals surface area (Å²) in [4.78, 5) is 9.93. The second-order valence-electron chi connectivity index (χ2n) is 4.34. The van der Waals surface area contributed by atoms with E-state index >= 15 is 0 Å². The molecule has 1 aliphatic rings. The fraction of sp³-hybridized carbons (Fsp3) is 0.455. The highest BCUT2D eigenvalue weighted by atomic mass is 19.1. The average molecular weight is 224 g/mol. The third-order valence-electron chi connectivity index (χ3n) is 3.37. The van der Waals surface area contributed by atoms with Crippen LogP contribution in [-0.2, 0) is 5.41 Å². The van der Waals surface area contributed by atoms with Crippen molar-refractivity contribution < 1.29 is 9.31 Å². The summed E-state index contributed by atoms with van der Waals surface area (Å²) in [6, 6.07) is 4.09. The topological polar surface area (TPSA) is 69.2 Å². The van der Waals surface area contributed by atoms with Gasteiger partial charge in [-0.1, -0.05) is 12.1 Å². The summed E-state index contributed by atoms with van der Waals surface area (Å²) in [5, 5.41) is 10.6. The molecule has 0 spiro atoms. The van der Waals surface area contributed by atoms with Crippen LogP contribution >= 0.6 is 0 Å². The van der Waals surface area contributed by atoms with Crippen molar-refractivity contribution in [3.05, 3.63) is 39.7 Å². The Morgan fingerprint density at radius 1 is 1.56 bits per heavy atom. The molecular weight excluding hydrogens is 211 g/mol. The Bertz CT molecular complexity index is 442. The molecule has 0 bridgehead atoms. The average Bonchev–Trinajstić information content (AvgIpc) is 2.98. The molecule has 1 fully saturated rings. The quantitative estimate of drug-likeness (QED) is 0.631. The number of nitro groups is 1. The minimum absolute atomic E-state index is 0.191. The lowest BCUT2D eigenvalue weighted by atomic mass is 9.89. The molecule has 0 radical (unpaired) electrons. The van der Waals surface area contributed by atoms with Crippen LogP contribution in [0.3, 0.4) is 0 Å². The number of nitrogens with two attached hydrogens (primary N) is 1. The third kappa shape index (κ3) is 1.48. The van der Waals surface area contributed by atoms with Crippen molar-refractivity contribution in [1.82, 2.24) is 0 Å². The number of hydrogen-bond acceptors (Lipinski definition) is 3. The van der Waals surface area contributed by atoms with Crippen molar-refractivity contribution in [1.29, 1.82) is 0 Å². The first-order chi connectivity index (χ1) is 7.49. The molecule has 0 aromatic heterocycles. The van der Waals surface area contributed by atoms with Crippen LogP contribution in [0.5, 0.6) is 0 Å². The smallest absolute Gasteiger partial charge is 0.305 e. The van der Waals surface area contributed by atoms with E-state index in [1.165, 1.54) is 12.1 Å². The van der Waals surface area contributed by atoms with Crippen molar-refractivity contribution >= 4 is 5.69 Å². The normalized spacial score (nSPS) is 19.2.